The lowest BCUT2D eigenvalue weighted by atomic mass is 10.2. The van der Waals surface area contributed by atoms with E-state index in [0.29, 0.717) is 0 Å². The van der Waals surface area contributed by atoms with Crippen LogP contribution in [0.15, 0.2) is 146 Å². The maximum absolute atomic E-state index is 2.38. The second kappa shape index (κ2) is 11.2. The van der Waals surface area contributed by atoms with E-state index < -0.39 is 0 Å². The molecule has 6 aromatic rings. The molecule has 180 valence electrons. The minimum Gasteiger partial charge on any atom is -0.109 e. The molecule has 0 aliphatic carbocycles. The van der Waals surface area contributed by atoms with Crippen LogP contribution in [0.25, 0.3) is 43.4 Å². The Bertz CT molecular complexity index is 1330. The van der Waals surface area contributed by atoms with E-state index in [2.05, 4.69) is 146 Å². The van der Waals surface area contributed by atoms with Crippen molar-refractivity contribution in [2.75, 3.05) is 0 Å². The SMILES string of the molecule is c1ccc(-c2ccc(-c3ccccc3)p2CCCp2c(-c3ccccc3)ccc2-c2ccccc2)cc1. The average molecular weight is 513 g/mol. The summed E-state index contributed by atoms with van der Waals surface area (Å²) in [6.07, 6.45) is 3.67. The number of rotatable bonds is 8. The highest BCUT2D eigenvalue weighted by Gasteiger charge is 2.16. The minimum atomic E-state index is -0.388. The monoisotopic (exact) mass is 512 g/mol. The molecule has 0 N–H and O–H groups in total. The normalized spacial score (nSPS) is 11.0. The zero-order valence-electron chi connectivity index (χ0n) is 20.9. The van der Waals surface area contributed by atoms with Crippen LogP contribution in [0, 0.1) is 0 Å². The van der Waals surface area contributed by atoms with E-state index in [1.165, 1.54) is 62.2 Å². The minimum absolute atomic E-state index is 0.388. The van der Waals surface area contributed by atoms with Crippen molar-refractivity contribution in [1.29, 1.82) is 0 Å². The summed E-state index contributed by atoms with van der Waals surface area (Å²) in [5, 5.41) is 6.08. The van der Waals surface area contributed by atoms with Gasteiger partial charge in [0.15, 0.2) is 0 Å². The lowest BCUT2D eigenvalue weighted by Gasteiger charge is -2.13. The average Bonchev–Trinajstić information content (AvgIpc) is 3.60. The molecule has 0 aliphatic heterocycles. The van der Waals surface area contributed by atoms with Crippen molar-refractivity contribution in [3.8, 4) is 43.4 Å². The summed E-state index contributed by atoms with van der Waals surface area (Å²) < 4.78 is 0. The van der Waals surface area contributed by atoms with Gasteiger partial charge in [-0.3, -0.25) is 0 Å². The molecule has 0 radical (unpaired) electrons. The summed E-state index contributed by atoms with van der Waals surface area (Å²) in [6.45, 7) is 0. The molecule has 2 heteroatoms. The largest absolute Gasteiger partial charge is 0.109 e. The molecule has 0 aliphatic rings. The van der Waals surface area contributed by atoms with Gasteiger partial charge >= 0.3 is 0 Å². The summed E-state index contributed by atoms with van der Waals surface area (Å²) in [5.41, 5.74) is 5.49. The second-order valence-electron chi connectivity index (χ2n) is 9.33. The van der Waals surface area contributed by atoms with Crippen LogP contribution < -0.4 is 0 Å². The van der Waals surface area contributed by atoms with Gasteiger partial charge in [0.2, 0.25) is 0 Å². The first-order valence-corrected chi connectivity index (χ1v) is 16.0. The molecule has 4 aromatic carbocycles. The summed E-state index contributed by atoms with van der Waals surface area (Å²) >= 11 is 0. The van der Waals surface area contributed by atoms with Crippen molar-refractivity contribution in [2.24, 2.45) is 0 Å². The van der Waals surface area contributed by atoms with Gasteiger partial charge in [-0.1, -0.05) is 121 Å². The Labute approximate surface area is 222 Å². The van der Waals surface area contributed by atoms with E-state index in [1.807, 2.05) is 0 Å². The van der Waals surface area contributed by atoms with Gasteiger partial charge in [-0.05, 0) is 65.3 Å². The zero-order valence-corrected chi connectivity index (χ0v) is 22.7. The maximum Gasteiger partial charge on any atom is 0.00178 e. The molecule has 0 bridgehead atoms. The first-order valence-electron chi connectivity index (χ1n) is 13.0. The van der Waals surface area contributed by atoms with Gasteiger partial charge in [0.25, 0.3) is 0 Å². The molecule has 0 fully saturated rings. The van der Waals surface area contributed by atoms with Crippen molar-refractivity contribution in [3.63, 3.8) is 0 Å². The standard InChI is InChI=1S/C35H30P2/c1-5-14-28(15-6-1)32-22-23-33(29-16-7-2-8-17-29)36(32)26-13-27-37-34(30-18-9-3-10-19-30)24-25-35(37)31-20-11-4-12-21-31/h1-12,14-25H,13,26-27H2. The third-order valence-corrected chi connectivity index (χ3v) is 12.5. The molecule has 0 amide bonds. The van der Waals surface area contributed by atoms with Crippen LogP contribution in [0.5, 0.6) is 0 Å². The van der Waals surface area contributed by atoms with E-state index in [1.54, 1.807) is 0 Å². The van der Waals surface area contributed by atoms with E-state index >= 15 is 0 Å². The molecule has 0 saturated heterocycles. The molecule has 0 nitrogen and oxygen atoms in total. The van der Waals surface area contributed by atoms with Gasteiger partial charge in [-0.25, -0.2) is 0 Å². The molecule has 2 aromatic heterocycles. The second-order valence-corrected chi connectivity index (χ2v) is 13.9. The Morgan fingerprint density at radius 1 is 0.297 bits per heavy atom. The summed E-state index contributed by atoms with van der Waals surface area (Å²) in [7, 11) is -0.776. The molecule has 0 atom stereocenters. The van der Waals surface area contributed by atoms with Gasteiger partial charge in [0, 0.05) is 21.2 Å². The lowest BCUT2D eigenvalue weighted by Crippen LogP contribution is -1.82. The van der Waals surface area contributed by atoms with Crippen molar-refractivity contribution in [1.82, 2.24) is 0 Å². The smallest absolute Gasteiger partial charge is 0.00178 e. The molecule has 2 heterocycles. The van der Waals surface area contributed by atoms with Crippen molar-refractivity contribution in [2.45, 2.75) is 18.7 Å². The summed E-state index contributed by atoms with van der Waals surface area (Å²) in [4.78, 5) is 0. The third kappa shape index (κ3) is 5.14. The predicted molar refractivity (Wildman–Crippen MR) is 165 cm³/mol. The first kappa shape index (κ1) is 23.8. The van der Waals surface area contributed by atoms with E-state index in [-0.39, 0.29) is 15.1 Å². The molecular formula is C35H30P2. The highest BCUT2D eigenvalue weighted by Crippen LogP contribution is 2.55. The van der Waals surface area contributed by atoms with Gasteiger partial charge in [-0.2, -0.15) is 0 Å². The van der Waals surface area contributed by atoms with Crippen molar-refractivity contribution in [3.05, 3.63) is 146 Å². The van der Waals surface area contributed by atoms with Gasteiger partial charge in [0.1, 0.15) is 0 Å². The number of hydrogen-bond donors (Lipinski definition) is 0. The molecule has 6 rings (SSSR count). The van der Waals surface area contributed by atoms with E-state index in [4.69, 9.17) is 0 Å². The highest BCUT2D eigenvalue weighted by molar-refractivity contribution is 7.56. The quantitative estimate of drug-likeness (QED) is 0.190. The Kier molecular flexibility index (Phi) is 7.23. The lowest BCUT2D eigenvalue weighted by molar-refractivity contribution is 0.985. The fourth-order valence-corrected chi connectivity index (χ4v) is 10.8. The molecule has 0 unspecified atom stereocenters. The predicted octanol–water partition coefficient (Wildman–Crippen LogP) is 11.4. The van der Waals surface area contributed by atoms with Gasteiger partial charge < -0.3 is 0 Å². The van der Waals surface area contributed by atoms with Crippen molar-refractivity contribution < 1.29 is 0 Å². The van der Waals surface area contributed by atoms with Gasteiger partial charge in [-0.15, -0.1) is 15.1 Å². The summed E-state index contributed by atoms with van der Waals surface area (Å²) in [5.74, 6) is 0. The molecule has 0 spiro atoms. The first-order chi connectivity index (χ1) is 18.4. The van der Waals surface area contributed by atoms with Crippen LogP contribution in [-0.4, -0.2) is 0 Å². The van der Waals surface area contributed by atoms with Crippen LogP contribution >= 0.6 is 15.1 Å². The Hall–Kier alpha value is -3.56. The van der Waals surface area contributed by atoms with Crippen LogP contribution in [-0.2, 0) is 12.3 Å². The maximum atomic E-state index is 2.38. The van der Waals surface area contributed by atoms with Crippen LogP contribution in [0.1, 0.15) is 6.42 Å². The number of benzene rings is 4. The number of hydrogen-bond acceptors (Lipinski definition) is 0. The van der Waals surface area contributed by atoms with Crippen LogP contribution in [0.4, 0.5) is 0 Å². The fraction of sp³-hybridized carbons (Fsp3) is 0.0857. The van der Waals surface area contributed by atoms with E-state index in [0.717, 1.165) is 0 Å². The fourth-order valence-electron chi connectivity index (χ4n) is 5.25. The zero-order chi connectivity index (χ0) is 24.9. The third-order valence-electron chi connectivity index (χ3n) is 7.00. The summed E-state index contributed by atoms with van der Waals surface area (Å²) in [6, 6.07) is 53.5. The Morgan fingerprint density at radius 2 is 0.541 bits per heavy atom. The molecule has 37 heavy (non-hydrogen) atoms. The molecular weight excluding hydrogens is 482 g/mol. The topological polar surface area (TPSA) is 0 Å². The van der Waals surface area contributed by atoms with Crippen molar-refractivity contribution >= 4 is 15.1 Å². The van der Waals surface area contributed by atoms with Gasteiger partial charge in [0.05, 0.1) is 0 Å². The van der Waals surface area contributed by atoms with Crippen LogP contribution in [0.2, 0.25) is 0 Å². The Balaban J connectivity index is 1.35. The highest BCUT2D eigenvalue weighted by atomic mass is 31.1. The van der Waals surface area contributed by atoms with E-state index in [9.17, 15) is 0 Å². The van der Waals surface area contributed by atoms with Crippen LogP contribution in [0.3, 0.4) is 0 Å². The molecule has 0 saturated carbocycles. The Morgan fingerprint density at radius 3 is 0.784 bits per heavy atom.